The van der Waals surface area contributed by atoms with Gasteiger partial charge >= 0.3 is 0 Å². The molecule has 0 unspecified atom stereocenters. The van der Waals surface area contributed by atoms with Crippen molar-refractivity contribution in [2.75, 3.05) is 5.73 Å². The van der Waals surface area contributed by atoms with Gasteiger partial charge < -0.3 is 5.73 Å². The maximum absolute atomic E-state index is 8.35. The third kappa shape index (κ3) is 1.90. The Bertz CT molecular complexity index is 280. The summed E-state index contributed by atoms with van der Waals surface area (Å²) in [6.45, 7) is 1.75. The number of rotatable bonds is 1. The van der Waals surface area contributed by atoms with Crippen molar-refractivity contribution in [3.8, 4) is 6.07 Å². The number of nitriles is 1. The fourth-order valence-electron chi connectivity index (χ4n) is 0.826. The average molecular weight is 148 g/mol. The van der Waals surface area contributed by atoms with Gasteiger partial charge in [-0.25, -0.2) is 9.97 Å². The van der Waals surface area contributed by atoms with E-state index in [0.29, 0.717) is 17.3 Å². The maximum Gasteiger partial charge on any atom is 0.127 e. The van der Waals surface area contributed by atoms with Gasteiger partial charge in [0.1, 0.15) is 11.6 Å². The number of nitrogen functional groups attached to an aromatic ring is 1. The molecule has 1 aromatic heterocycles. The second-order valence-corrected chi connectivity index (χ2v) is 2.17. The highest BCUT2D eigenvalue weighted by molar-refractivity contribution is 5.30. The van der Waals surface area contributed by atoms with Crippen molar-refractivity contribution in [1.29, 1.82) is 5.26 Å². The molecule has 0 aliphatic heterocycles. The molecule has 1 aromatic rings. The normalized spacial score (nSPS) is 9.09. The maximum atomic E-state index is 8.35. The van der Waals surface area contributed by atoms with E-state index < -0.39 is 0 Å². The number of hydrogen-bond donors (Lipinski definition) is 1. The first-order valence-corrected chi connectivity index (χ1v) is 3.19. The van der Waals surface area contributed by atoms with Gasteiger partial charge in [-0.15, -0.1) is 0 Å². The first kappa shape index (κ1) is 7.48. The molecule has 1 rings (SSSR count). The van der Waals surface area contributed by atoms with Crippen molar-refractivity contribution in [1.82, 2.24) is 9.97 Å². The second-order valence-electron chi connectivity index (χ2n) is 2.17. The van der Waals surface area contributed by atoms with Crippen molar-refractivity contribution >= 4 is 5.82 Å². The zero-order chi connectivity index (χ0) is 8.27. The molecule has 4 heteroatoms. The molecule has 0 radical (unpaired) electrons. The van der Waals surface area contributed by atoms with E-state index in [2.05, 4.69) is 9.97 Å². The van der Waals surface area contributed by atoms with Crippen molar-refractivity contribution in [2.24, 2.45) is 0 Å². The van der Waals surface area contributed by atoms with Gasteiger partial charge in [-0.2, -0.15) is 5.26 Å². The molecule has 11 heavy (non-hydrogen) atoms. The van der Waals surface area contributed by atoms with E-state index in [1.807, 2.05) is 6.07 Å². The topological polar surface area (TPSA) is 75.6 Å². The minimum atomic E-state index is 0.285. The van der Waals surface area contributed by atoms with Crippen LogP contribution in [0.5, 0.6) is 0 Å². The molecule has 0 amide bonds. The fourth-order valence-corrected chi connectivity index (χ4v) is 0.826. The van der Waals surface area contributed by atoms with Crippen LogP contribution in [-0.2, 0) is 6.42 Å². The van der Waals surface area contributed by atoms with E-state index in [0.717, 1.165) is 0 Å². The van der Waals surface area contributed by atoms with Crippen LogP contribution in [0.2, 0.25) is 0 Å². The number of aromatic nitrogens is 2. The number of nitrogens with zero attached hydrogens (tertiary/aromatic N) is 3. The summed E-state index contributed by atoms with van der Waals surface area (Å²) in [4.78, 5) is 7.88. The zero-order valence-corrected chi connectivity index (χ0v) is 6.20. The lowest BCUT2D eigenvalue weighted by atomic mass is 10.3. The van der Waals surface area contributed by atoms with E-state index in [9.17, 15) is 0 Å². The molecule has 0 saturated carbocycles. The van der Waals surface area contributed by atoms with Gasteiger partial charge in [0.05, 0.1) is 18.2 Å². The summed E-state index contributed by atoms with van der Waals surface area (Å²) in [7, 11) is 0. The molecular weight excluding hydrogens is 140 g/mol. The Morgan fingerprint density at radius 1 is 1.64 bits per heavy atom. The molecule has 0 aliphatic rings. The Morgan fingerprint density at radius 2 is 2.36 bits per heavy atom. The monoisotopic (exact) mass is 148 g/mol. The van der Waals surface area contributed by atoms with Gasteiger partial charge in [0, 0.05) is 6.07 Å². The summed E-state index contributed by atoms with van der Waals surface area (Å²) in [5.74, 6) is 1.03. The van der Waals surface area contributed by atoms with E-state index >= 15 is 0 Å². The summed E-state index contributed by atoms with van der Waals surface area (Å²) in [5.41, 5.74) is 6.11. The molecule has 0 spiro atoms. The van der Waals surface area contributed by atoms with Gasteiger partial charge in [-0.1, -0.05) is 0 Å². The van der Waals surface area contributed by atoms with E-state index in [1.165, 1.54) is 0 Å². The Morgan fingerprint density at radius 3 is 2.91 bits per heavy atom. The predicted molar refractivity (Wildman–Crippen MR) is 40.5 cm³/mol. The number of anilines is 1. The summed E-state index contributed by atoms with van der Waals surface area (Å²) in [6.07, 6.45) is 0.285. The lowest BCUT2D eigenvalue weighted by Gasteiger charge is -1.97. The molecule has 0 fully saturated rings. The highest BCUT2D eigenvalue weighted by Gasteiger charge is 1.96. The first-order chi connectivity index (χ1) is 5.22. The summed E-state index contributed by atoms with van der Waals surface area (Å²) >= 11 is 0. The van der Waals surface area contributed by atoms with Crippen LogP contribution in [0.3, 0.4) is 0 Å². The highest BCUT2D eigenvalue weighted by Crippen LogP contribution is 2.01. The molecule has 0 saturated heterocycles. The molecule has 4 nitrogen and oxygen atoms in total. The molecule has 0 bridgehead atoms. The molecule has 1 heterocycles. The van der Waals surface area contributed by atoms with E-state index in [4.69, 9.17) is 11.0 Å². The van der Waals surface area contributed by atoms with Crippen molar-refractivity contribution < 1.29 is 0 Å². The van der Waals surface area contributed by atoms with Gasteiger partial charge in [-0.05, 0) is 6.92 Å². The smallest absolute Gasteiger partial charge is 0.127 e. The van der Waals surface area contributed by atoms with Gasteiger partial charge in [0.15, 0.2) is 0 Å². The molecule has 0 atom stereocenters. The SMILES string of the molecule is Cc1nc(N)cc(CC#N)n1. The lowest BCUT2D eigenvalue weighted by Crippen LogP contribution is -1.99. The largest absolute Gasteiger partial charge is 0.384 e. The van der Waals surface area contributed by atoms with Crippen LogP contribution in [0.25, 0.3) is 0 Å². The lowest BCUT2D eigenvalue weighted by molar-refractivity contribution is 0.990. The summed E-state index contributed by atoms with van der Waals surface area (Å²) in [5, 5.41) is 8.35. The van der Waals surface area contributed by atoms with E-state index in [-0.39, 0.29) is 6.42 Å². The fraction of sp³-hybridized carbons (Fsp3) is 0.286. The van der Waals surface area contributed by atoms with Crippen molar-refractivity contribution in [3.05, 3.63) is 17.6 Å². The molecule has 2 N–H and O–H groups in total. The Kier molecular flexibility index (Phi) is 2.02. The van der Waals surface area contributed by atoms with Crippen molar-refractivity contribution in [2.45, 2.75) is 13.3 Å². The number of aryl methyl sites for hydroxylation is 1. The number of hydrogen-bond acceptors (Lipinski definition) is 4. The molecule has 0 aliphatic carbocycles. The van der Waals surface area contributed by atoms with Crippen LogP contribution in [-0.4, -0.2) is 9.97 Å². The van der Waals surface area contributed by atoms with E-state index in [1.54, 1.807) is 13.0 Å². The zero-order valence-electron chi connectivity index (χ0n) is 6.20. The Labute approximate surface area is 64.7 Å². The second kappa shape index (κ2) is 2.97. The van der Waals surface area contributed by atoms with Crippen molar-refractivity contribution in [3.63, 3.8) is 0 Å². The highest BCUT2D eigenvalue weighted by atomic mass is 14.9. The minimum Gasteiger partial charge on any atom is -0.384 e. The quantitative estimate of drug-likeness (QED) is 0.626. The molecule has 0 aromatic carbocycles. The van der Waals surface area contributed by atoms with Gasteiger partial charge in [0.25, 0.3) is 0 Å². The summed E-state index contributed by atoms with van der Waals surface area (Å²) in [6, 6.07) is 3.60. The standard InChI is InChI=1S/C7H8N4/c1-5-10-6(2-3-8)4-7(9)11-5/h4H,2H2,1H3,(H2,9,10,11). The first-order valence-electron chi connectivity index (χ1n) is 3.19. The average Bonchev–Trinajstić information content (AvgIpc) is 1.85. The predicted octanol–water partition coefficient (Wildman–Crippen LogP) is 0.433. The Balaban J connectivity index is 3.01. The number of nitrogens with two attached hydrogens (primary N) is 1. The summed E-state index contributed by atoms with van der Waals surface area (Å²) < 4.78 is 0. The molecule has 56 valence electrons. The van der Waals surface area contributed by atoms with Gasteiger partial charge in [0.2, 0.25) is 0 Å². The van der Waals surface area contributed by atoms with Crippen LogP contribution in [0.15, 0.2) is 6.07 Å². The molecular formula is C7H8N4. The Hall–Kier alpha value is -1.63. The van der Waals surface area contributed by atoms with Crippen LogP contribution in [0.4, 0.5) is 5.82 Å². The minimum absolute atomic E-state index is 0.285. The third-order valence-corrected chi connectivity index (χ3v) is 1.17. The van der Waals surface area contributed by atoms with Gasteiger partial charge in [-0.3, -0.25) is 0 Å². The van der Waals surface area contributed by atoms with Crippen LogP contribution >= 0.6 is 0 Å². The van der Waals surface area contributed by atoms with Crippen LogP contribution < -0.4 is 5.73 Å². The third-order valence-electron chi connectivity index (χ3n) is 1.17. The van der Waals surface area contributed by atoms with Crippen LogP contribution in [0.1, 0.15) is 11.5 Å². The van der Waals surface area contributed by atoms with Crippen LogP contribution in [0, 0.1) is 18.3 Å².